The van der Waals surface area contributed by atoms with Gasteiger partial charge in [0.25, 0.3) is 11.7 Å². The number of fused-ring (bicyclic) bond motifs is 2. The number of carbonyl (C=O) groups is 2. The van der Waals surface area contributed by atoms with Crippen molar-refractivity contribution >= 4 is 28.3 Å². The third-order valence-corrected chi connectivity index (χ3v) is 6.17. The number of pyridine rings is 1. The highest BCUT2D eigenvalue weighted by molar-refractivity contribution is 6.45. The third kappa shape index (κ3) is 4.14. The Hall–Kier alpha value is -5.04. The van der Waals surface area contributed by atoms with Crippen molar-refractivity contribution in [2.24, 2.45) is 4.99 Å². The van der Waals surface area contributed by atoms with Crippen molar-refractivity contribution < 1.29 is 19.4 Å². The van der Waals surface area contributed by atoms with Crippen LogP contribution < -0.4 is 4.74 Å². The molecule has 1 aliphatic heterocycles. The monoisotopic (exact) mass is 513 g/mol. The lowest BCUT2D eigenvalue weighted by molar-refractivity contribution is -0.127. The number of H-pyrrole nitrogens is 1. The Morgan fingerprint density at radius 3 is 2.82 bits per heavy atom. The summed E-state index contributed by atoms with van der Waals surface area (Å²) in [5.74, 6) is -0.538. The second-order valence-electron chi connectivity index (χ2n) is 8.22. The first-order chi connectivity index (χ1) is 18.5. The number of Topliss-reactive ketones (excluding diaryl/α,β-unsaturated/α-hetero) is 1. The number of aromatic amines is 1. The average molecular weight is 514 g/mol. The lowest BCUT2D eigenvalue weighted by atomic mass is 9.99. The SMILES string of the molecule is C=CN=C(C=C)c1ncnc2c1CCN(C(=O)C(=O)c1c[nH]c3c(-n4cnc(CO)n4)ncc(OC)c13)C2. The normalized spacial score (nSPS) is 13.3. The molecule has 0 atom stereocenters. The van der Waals surface area contributed by atoms with Crippen LogP contribution in [0.1, 0.15) is 33.1 Å². The molecule has 5 heterocycles. The number of aliphatic hydroxyl groups is 1. The van der Waals surface area contributed by atoms with Crippen molar-refractivity contribution in [1.29, 1.82) is 0 Å². The third-order valence-electron chi connectivity index (χ3n) is 6.17. The number of ether oxygens (including phenoxy) is 1. The van der Waals surface area contributed by atoms with Crippen LogP contribution in [0.4, 0.5) is 0 Å². The summed E-state index contributed by atoms with van der Waals surface area (Å²) in [6.07, 6.45) is 9.12. The second-order valence-corrected chi connectivity index (χ2v) is 8.22. The zero-order valence-electron chi connectivity index (χ0n) is 20.5. The van der Waals surface area contributed by atoms with E-state index in [1.165, 1.54) is 47.9 Å². The minimum Gasteiger partial charge on any atom is -0.494 e. The van der Waals surface area contributed by atoms with Gasteiger partial charge in [-0.2, -0.15) is 0 Å². The summed E-state index contributed by atoms with van der Waals surface area (Å²) in [6, 6.07) is 0. The van der Waals surface area contributed by atoms with Crippen LogP contribution in [0, 0.1) is 0 Å². The van der Waals surface area contributed by atoms with E-state index in [1.54, 1.807) is 6.08 Å². The van der Waals surface area contributed by atoms with Crippen molar-refractivity contribution in [3.8, 4) is 11.6 Å². The summed E-state index contributed by atoms with van der Waals surface area (Å²) < 4.78 is 6.81. The van der Waals surface area contributed by atoms with Gasteiger partial charge in [0.2, 0.25) is 0 Å². The Bertz CT molecular complexity index is 1620. The molecule has 1 aliphatic rings. The van der Waals surface area contributed by atoms with Crippen LogP contribution in [-0.2, 0) is 24.4 Å². The van der Waals surface area contributed by atoms with Gasteiger partial charge in [0.05, 0.1) is 53.4 Å². The van der Waals surface area contributed by atoms with E-state index in [0.717, 1.165) is 5.56 Å². The Balaban J connectivity index is 1.47. The second kappa shape index (κ2) is 10.1. The molecule has 4 aromatic heterocycles. The number of hydrogen-bond acceptors (Lipinski definition) is 10. The largest absolute Gasteiger partial charge is 0.494 e. The number of hydrogen-bond donors (Lipinski definition) is 2. The van der Waals surface area contributed by atoms with Gasteiger partial charge in [-0.1, -0.05) is 13.2 Å². The maximum absolute atomic E-state index is 13.5. The predicted molar refractivity (Wildman–Crippen MR) is 136 cm³/mol. The Morgan fingerprint density at radius 2 is 2.11 bits per heavy atom. The van der Waals surface area contributed by atoms with Crippen molar-refractivity contribution in [2.75, 3.05) is 13.7 Å². The van der Waals surface area contributed by atoms with Gasteiger partial charge in [-0.3, -0.25) is 14.6 Å². The molecule has 38 heavy (non-hydrogen) atoms. The van der Waals surface area contributed by atoms with E-state index < -0.39 is 11.7 Å². The zero-order valence-corrected chi connectivity index (χ0v) is 20.5. The molecule has 4 aromatic rings. The fraction of sp³-hybridized carbons (Fsp3) is 0.200. The quantitative estimate of drug-likeness (QED) is 0.201. The smallest absolute Gasteiger partial charge is 0.295 e. The number of allylic oxidation sites excluding steroid dienone is 1. The molecule has 0 bridgehead atoms. The highest BCUT2D eigenvalue weighted by atomic mass is 16.5. The van der Waals surface area contributed by atoms with Crippen LogP contribution in [0.2, 0.25) is 0 Å². The van der Waals surface area contributed by atoms with Gasteiger partial charge in [-0.15, -0.1) is 5.10 Å². The van der Waals surface area contributed by atoms with Crippen LogP contribution in [0.15, 0.2) is 55.5 Å². The molecule has 0 saturated heterocycles. The molecule has 1 amide bonds. The molecule has 0 unspecified atom stereocenters. The van der Waals surface area contributed by atoms with Crippen molar-refractivity contribution in [1.82, 2.24) is 39.6 Å². The summed E-state index contributed by atoms with van der Waals surface area (Å²) in [4.78, 5) is 52.6. The lowest BCUT2D eigenvalue weighted by Gasteiger charge is -2.28. The number of amides is 1. The van der Waals surface area contributed by atoms with Crippen LogP contribution in [0.5, 0.6) is 5.75 Å². The molecule has 192 valence electrons. The number of methoxy groups -OCH3 is 1. The van der Waals surface area contributed by atoms with Crippen molar-refractivity contribution in [3.05, 3.63) is 78.8 Å². The maximum atomic E-state index is 13.5. The van der Waals surface area contributed by atoms with Crippen LogP contribution in [0.3, 0.4) is 0 Å². The minimum absolute atomic E-state index is 0.134. The molecule has 0 saturated carbocycles. The van der Waals surface area contributed by atoms with E-state index in [1.807, 2.05) is 0 Å². The van der Waals surface area contributed by atoms with Gasteiger partial charge >= 0.3 is 0 Å². The number of aliphatic hydroxyl groups excluding tert-OH is 1. The first-order valence-corrected chi connectivity index (χ1v) is 11.5. The van der Waals surface area contributed by atoms with E-state index in [4.69, 9.17) is 4.74 Å². The number of carbonyl (C=O) groups excluding carboxylic acids is 2. The summed E-state index contributed by atoms with van der Waals surface area (Å²) in [5.41, 5.74) is 3.23. The average Bonchev–Trinajstić information content (AvgIpc) is 3.62. The number of ketones is 1. The standard InChI is InChI=1S/C25H23N9O4/c1-4-16(26-5-2)21-14-6-7-33(10-17(14)29-12-30-21)25(37)23(36)15-8-27-22-20(15)18(38-3)9-28-24(22)34-13-31-19(11-35)32-34/h4-5,8-9,12-13,27,35H,1-2,6-7,10-11H2,3H3. The molecule has 0 radical (unpaired) electrons. The van der Waals surface area contributed by atoms with Gasteiger partial charge in [-0.05, 0) is 12.5 Å². The molecule has 0 aliphatic carbocycles. The van der Waals surface area contributed by atoms with Gasteiger partial charge in [0.15, 0.2) is 11.6 Å². The summed E-state index contributed by atoms with van der Waals surface area (Å²) in [7, 11) is 1.45. The molecule has 13 nitrogen and oxygen atoms in total. The molecular formula is C25H23N9O4. The van der Waals surface area contributed by atoms with Gasteiger partial charge in [0, 0.05) is 24.5 Å². The van der Waals surface area contributed by atoms with E-state index >= 15 is 0 Å². The first-order valence-electron chi connectivity index (χ1n) is 11.5. The summed E-state index contributed by atoms with van der Waals surface area (Å²) in [6.45, 7) is 7.51. The molecule has 0 aromatic carbocycles. The first kappa shape index (κ1) is 24.6. The van der Waals surface area contributed by atoms with E-state index in [2.05, 4.69) is 48.2 Å². The summed E-state index contributed by atoms with van der Waals surface area (Å²) >= 11 is 0. The Morgan fingerprint density at radius 1 is 1.26 bits per heavy atom. The van der Waals surface area contributed by atoms with Crippen LogP contribution in [0.25, 0.3) is 16.7 Å². The minimum atomic E-state index is -0.709. The maximum Gasteiger partial charge on any atom is 0.295 e. The van der Waals surface area contributed by atoms with Crippen molar-refractivity contribution in [3.63, 3.8) is 0 Å². The number of nitrogens with one attached hydrogen (secondary N) is 1. The molecule has 5 rings (SSSR count). The number of aromatic nitrogens is 7. The highest BCUT2D eigenvalue weighted by Crippen LogP contribution is 2.32. The Kier molecular flexibility index (Phi) is 6.58. The molecule has 13 heteroatoms. The molecule has 0 fully saturated rings. The van der Waals surface area contributed by atoms with Crippen LogP contribution in [-0.4, -0.2) is 75.8 Å². The number of aliphatic imine (C=N–C) groups is 1. The zero-order chi connectivity index (χ0) is 26.8. The van der Waals surface area contributed by atoms with E-state index in [-0.39, 0.29) is 24.5 Å². The topological polar surface area (TPSA) is 164 Å². The fourth-order valence-electron chi connectivity index (χ4n) is 4.40. The number of rotatable bonds is 8. The van der Waals surface area contributed by atoms with Gasteiger partial charge in [0.1, 0.15) is 25.0 Å². The van der Waals surface area contributed by atoms with E-state index in [0.29, 0.717) is 52.5 Å². The highest BCUT2D eigenvalue weighted by Gasteiger charge is 2.31. The van der Waals surface area contributed by atoms with Crippen molar-refractivity contribution in [2.45, 2.75) is 19.6 Å². The molecule has 0 spiro atoms. The van der Waals surface area contributed by atoms with Gasteiger partial charge < -0.3 is 19.7 Å². The fourth-order valence-corrected chi connectivity index (χ4v) is 4.40. The van der Waals surface area contributed by atoms with E-state index in [9.17, 15) is 14.7 Å². The molecular weight excluding hydrogens is 490 g/mol. The Labute approximate surface area is 216 Å². The van der Waals surface area contributed by atoms with Crippen LogP contribution >= 0.6 is 0 Å². The molecule has 2 N–H and O–H groups in total. The number of nitrogens with zero attached hydrogens (tertiary/aromatic N) is 8. The van der Waals surface area contributed by atoms with Gasteiger partial charge in [-0.25, -0.2) is 24.6 Å². The summed E-state index contributed by atoms with van der Waals surface area (Å²) in [5, 5.41) is 13.9. The lowest BCUT2D eigenvalue weighted by Crippen LogP contribution is -2.41. The predicted octanol–water partition coefficient (Wildman–Crippen LogP) is 1.32.